The number of fused-ring (bicyclic) bond motifs is 4. The summed E-state index contributed by atoms with van der Waals surface area (Å²) in [6.45, 7) is 14.9. The van der Waals surface area contributed by atoms with Crippen molar-refractivity contribution in [1.82, 2.24) is 24.0 Å². The Morgan fingerprint density at radius 3 is 2.38 bits per heavy atom. The molecule has 0 spiro atoms. The van der Waals surface area contributed by atoms with E-state index in [-0.39, 0.29) is 37.3 Å². The van der Waals surface area contributed by atoms with Gasteiger partial charge >= 0.3 is 12.2 Å². The molecule has 1 aromatic carbocycles. The third-order valence-corrected chi connectivity index (χ3v) is 11.3. The van der Waals surface area contributed by atoms with E-state index in [4.69, 9.17) is 24.7 Å². The molecule has 3 saturated carbocycles. The van der Waals surface area contributed by atoms with Crippen molar-refractivity contribution in [2.75, 3.05) is 12.3 Å². The molecule has 0 bridgehead atoms. The predicted octanol–water partition coefficient (Wildman–Crippen LogP) is 8.00. The Kier molecular flexibility index (Phi) is 7.72. The van der Waals surface area contributed by atoms with Crippen LogP contribution in [-0.4, -0.2) is 77.6 Å². The highest BCUT2D eigenvalue weighted by atomic mass is 79.9. The van der Waals surface area contributed by atoms with E-state index in [1.165, 1.54) is 15.8 Å². The van der Waals surface area contributed by atoms with Gasteiger partial charge < -0.3 is 34.1 Å². The molecule has 1 aliphatic heterocycles. The molecule has 4 aliphatic rings. The van der Waals surface area contributed by atoms with Gasteiger partial charge in [0.2, 0.25) is 0 Å². The van der Waals surface area contributed by atoms with Crippen LogP contribution >= 0.6 is 15.9 Å². The number of amides is 1. The van der Waals surface area contributed by atoms with Crippen molar-refractivity contribution in [2.45, 2.75) is 128 Å². The molecule has 2 N–H and O–H groups in total. The molecule has 14 heteroatoms. The summed E-state index contributed by atoms with van der Waals surface area (Å²) in [5, 5.41) is 1.54. The predicted molar refractivity (Wildman–Crippen MR) is 196 cm³/mol. The van der Waals surface area contributed by atoms with E-state index in [9.17, 15) is 14.0 Å². The van der Waals surface area contributed by atoms with Gasteiger partial charge in [-0.05, 0) is 108 Å². The van der Waals surface area contributed by atoms with E-state index in [1.807, 2.05) is 59.0 Å². The number of anilines is 1. The van der Waals surface area contributed by atoms with Gasteiger partial charge in [0.15, 0.2) is 5.79 Å². The lowest BCUT2D eigenvalue weighted by Gasteiger charge is -2.28. The second-order valence-corrected chi connectivity index (χ2v) is 18.4. The number of hydrogen-bond acceptors (Lipinski definition) is 9. The summed E-state index contributed by atoms with van der Waals surface area (Å²) < 4.78 is 44.1. The van der Waals surface area contributed by atoms with Crippen molar-refractivity contribution in [3.63, 3.8) is 0 Å². The third kappa shape index (κ3) is 6.04. The second-order valence-electron chi connectivity index (χ2n) is 17.5. The summed E-state index contributed by atoms with van der Waals surface area (Å²) in [6, 6.07) is 7.81. The van der Waals surface area contributed by atoms with E-state index < -0.39 is 40.3 Å². The summed E-state index contributed by atoms with van der Waals surface area (Å²) >= 11 is 3.66. The van der Waals surface area contributed by atoms with Crippen LogP contribution in [0.5, 0.6) is 0 Å². The number of hydrogen-bond donors (Lipinski definition) is 1. The topological polar surface area (TPSA) is 136 Å². The molecule has 8 rings (SSSR count). The van der Waals surface area contributed by atoms with Gasteiger partial charge in [0.25, 0.3) is 0 Å². The summed E-state index contributed by atoms with van der Waals surface area (Å²) in [5.74, 6) is -0.542. The maximum atomic E-state index is 14.9. The fraction of sp³-hybridized carbons (Fsp3) is 0.579. The van der Waals surface area contributed by atoms with Crippen LogP contribution in [0.25, 0.3) is 21.9 Å². The number of halogens is 2. The zero-order chi connectivity index (χ0) is 37.3. The van der Waals surface area contributed by atoms with Crippen LogP contribution in [-0.2, 0) is 25.5 Å². The Balaban J connectivity index is 1.19. The number of alkyl halides is 1. The number of benzene rings is 1. The number of carbonyl (C=O) groups excluding carboxylic acids is 2. The average molecular weight is 782 g/mol. The fourth-order valence-electron chi connectivity index (χ4n) is 8.27. The molecule has 4 heterocycles. The Hall–Kier alpha value is -3.75. The van der Waals surface area contributed by atoms with Gasteiger partial charge in [-0.1, -0.05) is 12.1 Å². The largest absolute Gasteiger partial charge is 0.444 e. The van der Waals surface area contributed by atoms with Crippen LogP contribution < -0.4 is 5.73 Å². The minimum atomic E-state index is -1.21. The standard InChI is InChI=1S/C38H46BrFN6O6/c1-34(2,3)51-32(47)44(18-37-16-38(37,40)17-37)14-22-11-21-10-9-20(12-25(21)46(22)33(48)52-35(4,5)6)23-13-26(29-28(23)49-36(7,8)50-29)45-15-24(39)27-30(41)42-19-43-31(27)45/h9-12,15,19,23,26,28-29H,13-14,16-18H2,1-8H3,(H2,41,42,43)/t23-,26-,28-,29+,37?,38?/m1/s1. The van der Waals surface area contributed by atoms with Crippen LogP contribution in [0.15, 0.2) is 41.3 Å². The molecule has 12 nitrogen and oxygen atoms in total. The molecule has 1 saturated heterocycles. The highest BCUT2D eigenvalue weighted by molar-refractivity contribution is 9.10. The first-order valence-corrected chi connectivity index (χ1v) is 18.6. The van der Waals surface area contributed by atoms with Gasteiger partial charge in [-0.15, -0.1) is 0 Å². The van der Waals surface area contributed by atoms with Crippen LogP contribution in [0.4, 0.5) is 19.8 Å². The summed E-state index contributed by atoms with van der Waals surface area (Å²) in [7, 11) is 0. The maximum Gasteiger partial charge on any atom is 0.419 e. The Bertz CT molecular complexity index is 2130. The number of rotatable bonds is 6. The highest BCUT2D eigenvalue weighted by Crippen LogP contribution is 2.81. The zero-order valence-corrected chi connectivity index (χ0v) is 32.4. The van der Waals surface area contributed by atoms with Gasteiger partial charge in [0, 0.05) is 39.6 Å². The molecule has 4 atom stereocenters. The lowest BCUT2D eigenvalue weighted by molar-refractivity contribution is -0.157. The number of ether oxygens (including phenoxy) is 4. The summed E-state index contributed by atoms with van der Waals surface area (Å²) in [6.07, 6.45) is 3.25. The van der Waals surface area contributed by atoms with Gasteiger partial charge in [-0.3, -0.25) is 0 Å². The summed E-state index contributed by atoms with van der Waals surface area (Å²) in [4.78, 5) is 37.9. The molecule has 3 aliphatic carbocycles. The van der Waals surface area contributed by atoms with Crippen LogP contribution in [0.2, 0.25) is 0 Å². The average Bonchev–Trinajstić information content (AvgIpc) is 3.36. The van der Waals surface area contributed by atoms with E-state index >= 15 is 0 Å². The van der Waals surface area contributed by atoms with Crippen LogP contribution in [0.1, 0.15) is 97.9 Å². The van der Waals surface area contributed by atoms with E-state index in [0.29, 0.717) is 41.9 Å². The zero-order valence-electron chi connectivity index (χ0n) is 30.8. The molecule has 4 fully saturated rings. The normalized spacial score (nSPS) is 28.9. The Morgan fingerprint density at radius 1 is 1.06 bits per heavy atom. The molecule has 4 aromatic rings. The highest BCUT2D eigenvalue weighted by Gasteiger charge is 2.85. The SMILES string of the molecule is CC(C)(C)OC(=O)N(Cc1cc2ccc([C@H]3C[C@@H](n4cc(Br)c5c(N)ncnc54)[C@@H]4OC(C)(C)O[C@@H]43)cc2n1C(=O)OC(C)(C)C)CC12CC1(F)C2. The number of nitrogen functional groups attached to an aromatic ring is 1. The molecular weight excluding hydrogens is 735 g/mol. The van der Waals surface area contributed by atoms with Gasteiger partial charge in [0.05, 0.1) is 29.6 Å². The van der Waals surface area contributed by atoms with Crippen molar-refractivity contribution in [2.24, 2.45) is 5.41 Å². The third-order valence-electron chi connectivity index (χ3n) is 10.7. The Morgan fingerprint density at radius 2 is 1.73 bits per heavy atom. The summed E-state index contributed by atoms with van der Waals surface area (Å²) in [5.41, 5.74) is 5.81. The lowest BCUT2D eigenvalue weighted by atomic mass is 9.94. The molecule has 0 unspecified atom stereocenters. The van der Waals surface area contributed by atoms with E-state index in [0.717, 1.165) is 20.8 Å². The molecular formula is C38H46BrFN6O6. The molecule has 278 valence electrons. The first-order valence-electron chi connectivity index (χ1n) is 17.8. The molecule has 52 heavy (non-hydrogen) atoms. The molecule has 0 radical (unpaired) electrons. The van der Waals surface area contributed by atoms with Gasteiger partial charge in [-0.25, -0.2) is 28.5 Å². The quantitative estimate of drug-likeness (QED) is 0.206. The van der Waals surface area contributed by atoms with Crippen LogP contribution in [0, 0.1) is 5.41 Å². The van der Waals surface area contributed by atoms with Crippen molar-refractivity contribution >= 4 is 55.9 Å². The van der Waals surface area contributed by atoms with Gasteiger partial charge in [-0.2, -0.15) is 0 Å². The first kappa shape index (κ1) is 35.3. The number of carbonyl (C=O) groups is 2. The minimum Gasteiger partial charge on any atom is -0.444 e. The van der Waals surface area contributed by atoms with Crippen molar-refractivity contribution < 1.29 is 32.9 Å². The fourth-order valence-corrected chi connectivity index (χ4v) is 8.87. The van der Waals surface area contributed by atoms with Crippen molar-refractivity contribution in [3.05, 3.63) is 52.5 Å². The van der Waals surface area contributed by atoms with E-state index in [1.54, 1.807) is 20.8 Å². The molecule has 3 aromatic heterocycles. The van der Waals surface area contributed by atoms with Gasteiger partial charge in [0.1, 0.15) is 40.8 Å². The minimum absolute atomic E-state index is 0.0396. The second kappa shape index (κ2) is 11.4. The number of nitrogens with zero attached hydrogens (tertiary/aromatic N) is 5. The van der Waals surface area contributed by atoms with E-state index in [2.05, 4.69) is 36.5 Å². The van der Waals surface area contributed by atoms with Crippen molar-refractivity contribution in [1.29, 1.82) is 0 Å². The number of nitrogens with two attached hydrogens (primary N) is 1. The van der Waals surface area contributed by atoms with Crippen LogP contribution in [0.3, 0.4) is 0 Å². The molecule has 1 amide bonds. The lowest BCUT2D eigenvalue weighted by Crippen LogP contribution is -2.39. The smallest absolute Gasteiger partial charge is 0.419 e. The Labute approximate surface area is 310 Å². The monoisotopic (exact) mass is 780 g/mol. The maximum absolute atomic E-state index is 14.9. The number of aromatic nitrogens is 4. The van der Waals surface area contributed by atoms with Crippen molar-refractivity contribution in [3.8, 4) is 0 Å². The first-order chi connectivity index (χ1) is 24.2.